The van der Waals surface area contributed by atoms with E-state index in [4.69, 9.17) is 0 Å². The SMILES string of the molecule is O=C(CCNS(=O)(=O)c1cccc(C(F)(F)F)c1)Nc1ccc(N2CCCC2=O)cc1. The largest absolute Gasteiger partial charge is 0.416 e. The number of nitrogens with zero attached hydrogens (tertiary/aromatic N) is 1. The molecule has 0 saturated carbocycles. The molecule has 7 nitrogen and oxygen atoms in total. The second-order valence-corrected chi connectivity index (χ2v) is 8.68. The Bertz CT molecular complexity index is 1070. The average molecular weight is 455 g/mol. The van der Waals surface area contributed by atoms with Crippen molar-refractivity contribution in [2.45, 2.75) is 30.3 Å². The van der Waals surface area contributed by atoms with E-state index in [0.717, 1.165) is 30.3 Å². The van der Waals surface area contributed by atoms with Gasteiger partial charge in [0.1, 0.15) is 0 Å². The predicted molar refractivity (Wildman–Crippen MR) is 108 cm³/mol. The van der Waals surface area contributed by atoms with Gasteiger partial charge in [-0.3, -0.25) is 9.59 Å². The first kappa shape index (κ1) is 22.8. The first-order valence-electron chi connectivity index (χ1n) is 9.43. The number of carbonyl (C=O) groups is 2. The van der Waals surface area contributed by atoms with Gasteiger partial charge in [0.15, 0.2) is 0 Å². The van der Waals surface area contributed by atoms with Crippen molar-refractivity contribution in [1.82, 2.24) is 4.72 Å². The summed E-state index contributed by atoms with van der Waals surface area (Å²) < 4.78 is 64.8. The lowest BCUT2D eigenvalue weighted by atomic mass is 10.2. The Morgan fingerprint density at radius 2 is 1.81 bits per heavy atom. The number of hydrogen-bond donors (Lipinski definition) is 2. The van der Waals surface area contributed by atoms with Crippen LogP contribution >= 0.6 is 0 Å². The normalized spacial score (nSPS) is 14.7. The molecule has 2 aromatic rings. The highest BCUT2D eigenvalue weighted by Gasteiger charge is 2.31. The molecule has 0 radical (unpaired) electrons. The number of carbonyl (C=O) groups excluding carboxylic acids is 2. The maximum Gasteiger partial charge on any atom is 0.416 e. The van der Waals surface area contributed by atoms with Crippen molar-refractivity contribution in [1.29, 1.82) is 0 Å². The molecule has 0 unspecified atom stereocenters. The van der Waals surface area contributed by atoms with Crippen molar-refractivity contribution in [3.63, 3.8) is 0 Å². The van der Waals surface area contributed by atoms with Crippen LogP contribution < -0.4 is 14.9 Å². The minimum atomic E-state index is -4.66. The summed E-state index contributed by atoms with van der Waals surface area (Å²) in [6, 6.07) is 10.0. The summed E-state index contributed by atoms with van der Waals surface area (Å²) in [7, 11) is -4.20. The van der Waals surface area contributed by atoms with Crippen LogP contribution in [0.5, 0.6) is 0 Å². The van der Waals surface area contributed by atoms with Crippen LogP contribution in [0.25, 0.3) is 0 Å². The summed E-state index contributed by atoms with van der Waals surface area (Å²) >= 11 is 0. The Morgan fingerprint density at radius 3 is 2.42 bits per heavy atom. The van der Waals surface area contributed by atoms with Gasteiger partial charge in [-0.2, -0.15) is 13.2 Å². The van der Waals surface area contributed by atoms with Gasteiger partial charge in [-0.15, -0.1) is 0 Å². The fraction of sp³-hybridized carbons (Fsp3) is 0.300. The third-order valence-corrected chi connectivity index (χ3v) is 6.11. The highest BCUT2D eigenvalue weighted by atomic mass is 32.2. The zero-order valence-electron chi connectivity index (χ0n) is 16.3. The van der Waals surface area contributed by atoms with Crippen molar-refractivity contribution >= 4 is 33.2 Å². The number of rotatable bonds is 7. The highest BCUT2D eigenvalue weighted by Crippen LogP contribution is 2.30. The van der Waals surface area contributed by atoms with Gasteiger partial charge in [-0.05, 0) is 48.9 Å². The van der Waals surface area contributed by atoms with Crippen molar-refractivity contribution < 1.29 is 31.2 Å². The molecule has 31 heavy (non-hydrogen) atoms. The smallest absolute Gasteiger partial charge is 0.326 e. The quantitative estimate of drug-likeness (QED) is 0.671. The second-order valence-electron chi connectivity index (χ2n) is 6.92. The molecular formula is C20H20F3N3O4S. The van der Waals surface area contributed by atoms with Gasteiger partial charge in [0, 0.05) is 37.3 Å². The lowest BCUT2D eigenvalue weighted by Gasteiger charge is -2.16. The topological polar surface area (TPSA) is 95.6 Å². The molecule has 1 saturated heterocycles. The second kappa shape index (κ2) is 9.06. The van der Waals surface area contributed by atoms with Gasteiger partial charge in [-0.25, -0.2) is 13.1 Å². The summed E-state index contributed by atoms with van der Waals surface area (Å²) in [5, 5.41) is 2.60. The molecule has 0 atom stereocenters. The van der Waals surface area contributed by atoms with E-state index < -0.39 is 32.6 Å². The van der Waals surface area contributed by atoms with Crippen LogP contribution in [0.1, 0.15) is 24.8 Å². The first-order valence-corrected chi connectivity index (χ1v) is 10.9. The zero-order valence-corrected chi connectivity index (χ0v) is 17.1. The molecule has 1 aliphatic rings. The van der Waals surface area contributed by atoms with E-state index in [1.165, 1.54) is 0 Å². The third kappa shape index (κ3) is 5.82. The molecule has 11 heteroatoms. The van der Waals surface area contributed by atoms with E-state index in [1.54, 1.807) is 29.2 Å². The van der Waals surface area contributed by atoms with Crippen LogP contribution in [0.3, 0.4) is 0 Å². The van der Waals surface area contributed by atoms with Gasteiger partial charge >= 0.3 is 6.18 Å². The van der Waals surface area contributed by atoms with E-state index in [2.05, 4.69) is 10.0 Å². The molecule has 3 rings (SSSR count). The van der Waals surface area contributed by atoms with Gasteiger partial charge in [0.25, 0.3) is 0 Å². The molecule has 1 fully saturated rings. The zero-order chi connectivity index (χ0) is 22.6. The Hall–Kier alpha value is -2.92. The number of amides is 2. The number of anilines is 2. The van der Waals surface area contributed by atoms with Gasteiger partial charge in [0.05, 0.1) is 10.5 Å². The minimum Gasteiger partial charge on any atom is -0.326 e. The Morgan fingerprint density at radius 1 is 1.10 bits per heavy atom. The summed E-state index contributed by atoms with van der Waals surface area (Å²) in [5.41, 5.74) is 0.127. The van der Waals surface area contributed by atoms with Crippen molar-refractivity contribution in [3.8, 4) is 0 Å². The van der Waals surface area contributed by atoms with Crippen LogP contribution in [-0.4, -0.2) is 33.3 Å². The van der Waals surface area contributed by atoms with Gasteiger partial charge in [-0.1, -0.05) is 6.07 Å². The molecule has 166 valence electrons. The van der Waals surface area contributed by atoms with E-state index in [-0.39, 0.29) is 18.9 Å². The molecule has 0 bridgehead atoms. The molecule has 2 aromatic carbocycles. The summed E-state index contributed by atoms with van der Waals surface area (Å²) in [6.07, 6.45) is -3.57. The van der Waals surface area contributed by atoms with E-state index in [1.807, 2.05) is 0 Å². The lowest BCUT2D eigenvalue weighted by molar-refractivity contribution is -0.137. The van der Waals surface area contributed by atoms with Crippen molar-refractivity contribution in [2.24, 2.45) is 0 Å². The number of alkyl halides is 3. The molecule has 2 amide bonds. The Balaban J connectivity index is 1.52. The Labute approximate surface area is 177 Å². The molecule has 1 heterocycles. The van der Waals surface area contributed by atoms with Gasteiger partial charge < -0.3 is 10.2 Å². The number of hydrogen-bond acceptors (Lipinski definition) is 4. The van der Waals surface area contributed by atoms with Crippen LogP contribution in [0.15, 0.2) is 53.4 Å². The number of benzene rings is 2. The predicted octanol–water partition coefficient (Wildman–Crippen LogP) is 3.14. The summed E-state index contributed by atoms with van der Waals surface area (Å²) in [4.78, 5) is 24.9. The molecule has 1 aliphatic heterocycles. The fourth-order valence-electron chi connectivity index (χ4n) is 3.09. The van der Waals surface area contributed by atoms with E-state index >= 15 is 0 Å². The maximum absolute atomic E-state index is 12.8. The molecule has 0 spiro atoms. The van der Waals surface area contributed by atoms with E-state index in [9.17, 15) is 31.2 Å². The number of nitrogens with one attached hydrogen (secondary N) is 2. The third-order valence-electron chi connectivity index (χ3n) is 4.65. The Kier molecular flexibility index (Phi) is 6.65. The van der Waals surface area contributed by atoms with Crippen LogP contribution in [0.4, 0.5) is 24.5 Å². The molecule has 0 aliphatic carbocycles. The van der Waals surface area contributed by atoms with Gasteiger partial charge in [0.2, 0.25) is 21.8 Å². The van der Waals surface area contributed by atoms with Crippen molar-refractivity contribution in [3.05, 3.63) is 54.1 Å². The minimum absolute atomic E-state index is 0.0461. The van der Waals surface area contributed by atoms with E-state index in [0.29, 0.717) is 24.7 Å². The fourth-order valence-corrected chi connectivity index (χ4v) is 4.17. The van der Waals surface area contributed by atoms with Crippen LogP contribution in [0, 0.1) is 0 Å². The summed E-state index contributed by atoms with van der Waals surface area (Å²) in [6.45, 7) is 0.362. The molecule has 2 N–H and O–H groups in total. The van der Waals surface area contributed by atoms with Crippen LogP contribution in [-0.2, 0) is 25.8 Å². The average Bonchev–Trinajstić information content (AvgIpc) is 3.14. The van der Waals surface area contributed by atoms with Crippen LogP contribution in [0.2, 0.25) is 0 Å². The lowest BCUT2D eigenvalue weighted by Crippen LogP contribution is -2.28. The first-order chi connectivity index (χ1) is 14.6. The molecule has 0 aromatic heterocycles. The highest BCUT2D eigenvalue weighted by molar-refractivity contribution is 7.89. The monoisotopic (exact) mass is 455 g/mol. The number of halogens is 3. The summed E-state index contributed by atoms with van der Waals surface area (Å²) in [5.74, 6) is -0.429. The maximum atomic E-state index is 12.8. The number of sulfonamides is 1. The standard InChI is InChI=1S/C20H20F3N3O4S/c21-20(22,23)14-3-1-4-17(13-14)31(29,30)24-11-10-18(27)25-15-6-8-16(9-7-15)26-12-2-5-19(26)28/h1,3-4,6-9,13,24H,2,5,10-12H2,(H,25,27). The van der Waals surface area contributed by atoms with Crippen molar-refractivity contribution in [2.75, 3.05) is 23.3 Å². The molecular weight excluding hydrogens is 435 g/mol.